The number of nitrogens with one attached hydrogen (secondary N) is 2. The first-order valence-electron chi connectivity index (χ1n) is 6.07. The minimum Gasteiger partial charge on any atom is -0.370 e. The minimum atomic E-state index is 0.637. The molecular weight excluding hydrogens is 238 g/mol. The molecule has 96 valence electrons. The lowest BCUT2D eigenvalue weighted by Crippen LogP contribution is -2.05. The van der Waals surface area contributed by atoms with Crippen molar-refractivity contribution in [1.82, 2.24) is 9.97 Å². The predicted octanol–water partition coefficient (Wildman–Crippen LogP) is 2.83. The fraction of sp³-hybridized carbons (Fsp3) is 0.214. The lowest BCUT2D eigenvalue weighted by atomic mass is 10.2. The number of nitrogens with zero attached hydrogens (tertiary/aromatic N) is 3. The largest absolute Gasteiger partial charge is 0.370 e. The molecule has 0 saturated carbocycles. The molecule has 0 radical (unpaired) electrons. The van der Waals surface area contributed by atoms with Crippen molar-refractivity contribution in [3.05, 3.63) is 41.7 Å². The smallest absolute Gasteiger partial charge is 0.138 e. The molecule has 2 N–H and O–H groups in total. The van der Waals surface area contributed by atoms with Crippen molar-refractivity contribution in [2.24, 2.45) is 0 Å². The lowest BCUT2D eigenvalue weighted by molar-refractivity contribution is 1.08. The maximum Gasteiger partial charge on any atom is 0.138 e. The molecule has 0 aliphatic rings. The molecule has 2 rings (SSSR count). The van der Waals surface area contributed by atoms with E-state index in [1.807, 2.05) is 26.0 Å². The third-order valence-corrected chi connectivity index (χ3v) is 2.71. The van der Waals surface area contributed by atoms with Gasteiger partial charge in [-0.05, 0) is 38.1 Å². The van der Waals surface area contributed by atoms with Gasteiger partial charge in [0.15, 0.2) is 0 Å². The first kappa shape index (κ1) is 12.8. The van der Waals surface area contributed by atoms with Crippen LogP contribution in [0.4, 0.5) is 17.3 Å². The molecule has 0 aliphatic carbocycles. The Balaban J connectivity index is 2.23. The molecule has 5 heteroatoms. The van der Waals surface area contributed by atoms with Crippen LogP contribution in [0.5, 0.6) is 0 Å². The summed E-state index contributed by atoms with van der Waals surface area (Å²) in [6, 6.07) is 9.34. The van der Waals surface area contributed by atoms with E-state index in [1.165, 1.54) is 6.33 Å². The molecule has 19 heavy (non-hydrogen) atoms. The highest BCUT2D eigenvalue weighted by Crippen LogP contribution is 2.22. The van der Waals surface area contributed by atoms with Crippen LogP contribution < -0.4 is 10.6 Å². The van der Waals surface area contributed by atoms with Crippen molar-refractivity contribution in [3.8, 4) is 6.07 Å². The van der Waals surface area contributed by atoms with E-state index in [0.717, 1.165) is 29.4 Å². The van der Waals surface area contributed by atoms with Gasteiger partial charge >= 0.3 is 0 Å². The molecule has 0 aliphatic heterocycles. The normalized spacial score (nSPS) is 9.74. The fourth-order valence-electron chi connectivity index (χ4n) is 1.69. The summed E-state index contributed by atoms with van der Waals surface area (Å²) >= 11 is 0. The van der Waals surface area contributed by atoms with Gasteiger partial charge in [0, 0.05) is 17.8 Å². The van der Waals surface area contributed by atoms with E-state index in [9.17, 15) is 0 Å². The van der Waals surface area contributed by atoms with E-state index < -0.39 is 0 Å². The maximum absolute atomic E-state index is 8.76. The second-order valence-electron chi connectivity index (χ2n) is 4.04. The Bertz CT molecular complexity index is 598. The van der Waals surface area contributed by atoms with Crippen molar-refractivity contribution in [3.63, 3.8) is 0 Å². The minimum absolute atomic E-state index is 0.637. The summed E-state index contributed by atoms with van der Waals surface area (Å²) in [6.07, 6.45) is 1.52. The zero-order valence-electron chi connectivity index (χ0n) is 10.9. The van der Waals surface area contributed by atoms with Gasteiger partial charge in [0.2, 0.25) is 0 Å². The van der Waals surface area contributed by atoms with E-state index in [0.29, 0.717) is 5.56 Å². The average Bonchev–Trinajstić information content (AvgIpc) is 2.44. The summed E-state index contributed by atoms with van der Waals surface area (Å²) in [7, 11) is 0. The van der Waals surface area contributed by atoms with Crippen LogP contribution in [0.3, 0.4) is 0 Å². The number of benzene rings is 1. The predicted molar refractivity (Wildman–Crippen MR) is 75.4 cm³/mol. The molecule has 0 saturated heterocycles. The number of rotatable bonds is 4. The number of nitriles is 1. The third kappa shape index (κ3) is 2.99. The van der Waals surface area contributed by atoms with E-state index in [1.54, 1.807) is 12.1 Å². The molecule has 2 aromatic rings. The zero-order chi connectivity index (χ0) is 13.7. The summed E-state index contributed by atoms with van der Waals surface area (Å²) in [5, 5.41) is 15.2. The monoisotopic (exact) mass is 253 g/mol. The van der Waals surface area contributed by atoms with Crippen LogP contribution in [-0.4, -0.2) is 16.5 Å². The second kappa shape index (κ2) is 5.83. The highest BCUT2D eigenvalue weighted by molar-refractivity contribution is 5.64. The number of hydrogen-bond acceptors (Lipinski definition) is 5. The van der Waals surface area contributed by atoms with Crippen LogP contribution in [0.25, 0.3) is 0 Å². The third-order valence-electron chi connectivity index (χ3n) is 2.71. The summed E-state index contributed by atoms with van der Waals surface area (Å²) in [4.78, 5) is 8.42. The standard InChI is InChI=1S/C14H15N5/c1-3-16-13-10(2)14(18-9-17-13)19-12-6-4-11(8-15)5-7-12/h4-7,9H,3H2,1-2H3,(H2,16,17,18,19). The van der Waals surface area contributed by atoms with Gasteiger partial charge in [-0.25, -0.2) is 9.97 Å². The van der Waals surface area contributed by atoms with Crippen LogP contribution in [0.15, 0.2) is 30.6 Å². The molecular formula is C14H15N5. The summed E-state index contributed by atoms with van der Waals surface area (Å²) in [5.74, 6) is 1.59. The van der Waals surface area contributed by atoms with Crippen LogP contribution in [0.2, 0.25) is 0 Å². The molecule has 0 atom stereocenters. The zero-order valence-corrected chi connectivity index (χ0v) is 10.9. The topological polar surface area (TPSA) is 73.6 Å². The van der Waals surface area contributed by atoms with E-state index in [4.69, 9.17) is 5.26 Å². The first-order valence-corrected chi connectivity index (χ1v) is 6.07. The fourth-order valence-corrected chi connectivity index (χ4v) is 1.69. The Kier molecular flexibility index (Phi) is 3.94. The molecule has 0 fully saturated rings. The molecule has 0 spiro atoms. The van der Waals surface area contributed by atoms with Gasteiger partial charge < -0.3 is 10.6 Å². The van der Waals surface area contributed by atoms with Crippen molar-refractivity contribution in [2.45, 2.75) is 13.8 Å². The average molecular weight is 253 g/mol. The van der Waals surface area contributed by atoms with Crippen LogP contribution >= 0.6 is 0 Å². The highest BCUT2D eigenvalue weighted by atomic mass is 15.1. The summed E-state index contributed by atoms with van der Waals surface area (Å²) in [5.41, 5.74) is 2.50. The van der Waals surface area contributed by atoms with Gasteiger partial charge in [-0.3, -0.25) is 0 Å². The quantitative estimate of drug-likeness (QED) is 0.876. The van der Waals surface area contributed by atoms with Crippen molar-refractivity contribution >= 4 is 17.3 Å². The van der Waals surface area contributed by atoms with Gasteiger partial charge in [0.05, 0.1) is 11.6 Å². The molecule has 1 aromatic heterocycles. The Morgan fingerprint density at radius 3 is 2.47 bits per heavy atom. The SMILES string of the molecule is CCNc1ncnc(Nc2ccc(C#N)cc2)c1C. The van der Waals surface area contributed by atoms with Crippen molar-refractivity contribution in [2.75, 3.05) is 17.2 Å². The van der Waals surface area contributed by atoms with Crippen molar-refractivity contribution < 1.29 is 0 Å². The molecule has 5 nitrogen and oxygen atoms in total. The van der Waals surface area contributed by atoms with Gasteiger partial charge in [0.25, 0.3) is 0 Å². The lowest BCUT2D eigenvalue weighted by Gasteiger charge is -2.11. The van der Waals surface area contributed by atoms with Gasteiger partial charge in [0.1, 0.15) is 18.0 Å². The Morgan fingerprint density at radius 2 is 1.84 bits per heavy atom. The van der Waals surface area contributed by atoms with E-state index >= 15 is 0 Å². The second-order valence-corrected chi connectivity index (χ2v) is 4.04. The van der Waals surface area contributed by atoms with Crippen LogP contribution in [0.1, 0.15) is 18.1 Å². The summed E-state index contributed by atoms with van der Waals surface area (Å²) < 4.78 is 0. The van der Waals surface area contributed by atoms with Gasteiger partial charge in [-0.1, -0.05) is 0 Å². The Hall–Kier alpha value is -2.61. The van der Waals surface area contributed by atoms with Crippen LogP contribution in [-0.2, 0) is 0 Å². The number of anilines is 3. The van der Waals surface area contributed by atoms with Gasteiger partial charge in [-0.15, -0.1) is 0 Å². The molecule has 1 heterocycles. The molecule has 0 bridgehead atoms. The van der Waals surface area contributed by atoms with E-state index in [2.05, 4.69) is 26.7 Å². The maximum atomic E-state index is 8.76. The molecule has 1 aromatic carbocycles. The summed E-state index contributed by atoms with van der Waals surface area (Å²) in [6.45, 7) is 4.80. The number of aromatic nitrogens is 2. The molecule has 0 amide bonds. The molecule has 0 unspecified atom stereocenters. The Morgan fingerprint density at radius 1 is 1.16 bits per heavy atom. The van der Waals surface area contributed by atoms with Crippen molar-refractivity contribution in [1.29, 1.82) is 5.26 Å². The first-order chi connectivity index (χ1) is 9.24. The van der Waals surface area contributed by atoms with Gasteiger partial charge in [-0.2, -0.15) is 5.26 Å². The number of hydrogen-bond donors (Lipinski definition) is 2. The highest BCUT2D eigenvalue weighted by Gasteiger charge is 2.06. The van der Waals surface area contributed by atoms with Crippen LogP contribution in [0, 0.1) is 18.3 Å². The Labute approximate surface area is 112 Å². The van der Waals surface area contributed by atoms with E-state index in [-0.39, 0.29) is 0 Å².